The van der Waals surface area contributed by atoms with Crippen LogP contribution in [0.1, 0.15) is 68.1 Å². The zero-order chi connectivity index (χ0) is 28.5. The Kier molecular flexibility index (Phi) is 8.44. The van der Waals surface area contributed by atoms with Crippen LogP contribution >= 0.6 is 0 Å². The molecule has 0 heterocycles. The van der Waals surface area contributed by atoms with E-state index in [-0.39, 0.29) is 24.5 Å². The third-order valence-electron chi connectivity index (χ3n) is 9.35. The molecule has 40 heavy (non-hydrogen) atoms. The first-order valence-corrected chi connectivity index (χ1v) is 14.1. The Labute approximate surface area is 231 Å². The van der Waals surface area contributed by atoms with Crippen molar-refractivity contribution in [1.29, 1.82) is 0 Å². The van der Waals surface area contributed by atoms with Crippen LogP contribution in [0.2, 0.25) is 0 Å². The quantitative estimate of drug-likeness (QED) is 0.224. The second kappa shape index (κ2) is 11.6. The van der Waals surface area contributed by atoms with Crippen LogP contribution in [0.25, 0.3) is 0 Å². The number of hydrogen-bond donors (Lipinski definition) is 0. The lowest BCUT2D eigenvalue weighted by molar-refractivity contribution is -0.322. The van der Waals surface area contributed by atoms with Crippen LogP contribution in [0.15, 0.2) is 48.5 Å². The maximum absolute atomic E-state index is 12.7. The zero-order valence-electron chi connectivity index (χ0n) is 22.6. The fourth-order valence-electron chi connectivity index (χ4n) is 7.48. The SMILES string of the molecule is C[C@]12CCC3c4ccc(OCc5ccccc5)cc4CC[C@H]3C1CC[C@@H]2OCCCOC(C(F)(F)F)C(F)(F)F. The molecule has 5 rings (SSSR count). The molecule has 0 bridgehead atoms. The predicted octanol–water partition coefficient (Wildman–Crippen LogP) is 8.41. The number of benzene rings is 2. The zero-order valence-corrected chi connectivity index (χ0v) is 22.6. The number of hydrogen-bond acceptors (Lipinski definition) is 3. The van der Waals surface area contributed by atoms with E-state index in [1.165, 1.54) is 11.1 Å². The van der Waals surface area contributed by atoms with Gasteiger partial charge in [-0.05, 0) is 96.9 Å². The summed E-state index contributed by atoms with van der Waals surface area (Å²) in [5, 5.41) is 0. The highest BCUT2D eigenvalue weighted by molar-refractivity contribution is 5.41. The van der Waals surface area contributed by atoms with Crippen molar-refractivity contribution in [2.45, 2.75) is 89.0 Å². The van der Waals surface area contributed by atoms with E-state index in [1.807, 2.05) is 30.3 Å². The van der Waals surface area contributed by atoms with Crippen molar-refractivity contribution in [2.75, 3.05) is 13.2 Å². The first-order valence-electron chi connectivity index (χ1n) is 14.1. The smallest absolute Gasteiger partial charge is 0.423 e. The average Bonchev–Trinajstić information content (AvgIpc) is 3.24. The van der Waals surface area contributed by atoms with Crippen molar-refractivity contribution < 1.29 is 40.6 Å². The summed E-state index contributed by atoms with van der Waals surface area (Å²) in [7, 11) is 0. The molecule has 5 atom stereocenters. The molecule has 2 saturated carbocycles. The molecule has 3 nitrogen and oxygen atoms in total. The lowest BCUT2D eigenvalue weighted by atomic mass is 9.55. The molecular weight excluding hydrogens is 534 g/mol. The van der Waals surface area contributed by atoms with Crippen molar-refractivity contribution >= 4 is 0 Å². The normalized spacial score (nSPS) is 28.2. The highest BCUT2D eigenvalue weighted by Crippen LogP contribution is 2.61. The van der Waals surface area contributed by atoms with Gasteiger partial charge in [0.1, 0.15) is 12.4 Å². The molecular formula is C31H36F6O3. The van der Waals surface area contributed by atoms with E-state index in [9.17, 15) is 26.3 Å². The average molecular weight is 571 g/mol. The molecule has 2 aromatic rings. The Bertz CT molecular complexity index is 1120. The second-order valence-corrected chi connectivity index (χ2v) is 11.7. The molecule has 3 aliphatic carbocycles. The molecule has 0 aliphatic heterocycles. The van der Waals surface area contributed by atoms with E-state index in [0.29, 0.717) is 24.4 Å². The van der Waals surface area contributed by atoms with E-state index < -0.39 is 25.1 Å². The molecule has 9 heteroatoms. The Morgan fingerprint density at radius 2 is 1.65 bits per heavy atom. The van der Waals surface area contributed by atoms with Crippen LogP contribution < -0.4 is 4.74 Å². The summed E-state index contributed by atoms with van der Waals surface area (Å²) >= 11 is 0. The van der Waals surface area contributed by atoms with E-state index in [1.54, 1.807) is 0 Å². The van der Waals surface area contributed by atoms with Crippen molar-refractivity contribution in [3.05, 3.63) is 65.2 Å². The summed E-state index contributed by atoms with van der Waals surface area (Å²) < 4.78 is 92.4. The van der Waals surface area contributed by atoms with Gasteiger partial charge in [0.2, 0.25) is 6.10 Å². The third kappa shape index (κ3) is 6.15. The number of rotatable bonds is 9. The molecule has 0 saturated heterocycles. The van der Waals surface area contributed by atoms with Crippen LogP contribution in [0.3, 0.4) is 0 Å². The molecule has 2 unspecified atom stereocenters. The largest absolute Gasteiger partial charge is 0.489 e. The fourth-order valence-corrected chi connectivity index (χ4v) is 7.48. The molecule has 2 fully saturated rings. The Morgan fingerprint density at radius 3 is 2.38 bits per heavy atom. The molecule has 0 amide bonds. The Morgan fingerprint density at radius 1 is 0.900 bits per heavy atom. The Balaban J connectivity index is 1.14. The van der Waals surface area contributed by atoms with E-state index >= 15 is 0 Å². The maximum Gasteiger partial charge on any atom is 0.423 e. The molecule has 2 aromatic carbocycles. The van der Waals surface area contributed by atoms with Gasteiger partial charge in [0.05, 0.1) is 6.10 Å². The van der Waals surface area contributed by atoms with Crippen molar-refractivity contribution in [2.24, 2.45) is 17.3 Å². The van der Waals surface area contributed by atoms with E-state index in [2.05, 4.69) is 29.9 Å². The summed E-state index contributed by atoms with van der Waals surface area (Å²) in [5.41, 5.74) is 3.86. The topological polar surface area (TPSA) is 27.7 Å². The summed E-state index contributed by atoms with van der Waals surface area (Å²) in [5.74, 6) is 2.39. The minimum Gasteiger partial charge on any atom is -0.489 e. The molecule has 0 aromatic heterocycles. The van der Waals surface area contributed by atoms with Crippen molar-refractivity contribution in [3.8, 4) is 5.75 Å². The number of halogens is 6. The molecule has 0 radical (unpaired) electrons. The van der Waals surface area contributed by atoms with Crippen LogP contribution in [-0.4, -0.2) is 37.8 Å². The first kappa shape index (κ1) is 29.2. The molecule has 220 valence electrons. The first-order chi connectivity index (χ1) is 19.0. The Hall–Kier alpha value is -2.26. The highest BCUT2D eigenvalue weighted by atomic mass is 19.4. The van der Waals surface area contributed by atoms with Crippen LogP contribution in [0.4, 0.5) is 26.3 Å². The molecule has 0 N–H and O–H groups in total. The fraction of sp³-hybridized carbons (Fsp3) is 0.613. The maximum atomic E-state index is 12.7. The van der Waals surface area contributed by atoms with Gasteiger partial charge in [-0.3, -0.25) is 0 Å². The lowest BCUT2D eigenvalue weighted by Crippen LogP contribution is -2.45. The summed E-state index contributed by atoms with van der Waals surface area (Å²) in [6.07, 6.45) is -8.81. The van der Waals surface area contributed by atoms with E-state index in [0.717, 1.165) is 49.8 Å². The number of aryl methyl sites for hydroxylation is 1. The van der Waals surface area contributed by atoms with Crippen LogP contribution in [0, 0.1) is 17.3 Å². The minimum atomic E-state index is -5.49. The summed E-state index contributed by atoms with van der Waals surface area (Å²) in [6, 6.07) is 16.6. The van der Waals surface area contributed by atoms with E-state index in [4.69, 9.17) is 9.47 Å². The van der Waals surface area contributed by atoms with Gasteiger partial charge in [-0.2, -0.15) is 26.3 Å². The lowest BCUT2D eigenvalue weighted by Gasteiger charge is -2.50. The predicted molar refractivity (Wildman–Crippen MR) is 138 cm³/mol. The summed E-state index contributed by atoms with van der Waals surface area (Å²) in [4.78, 5) is 0. The second-order valence-electron chi connectivity index (χ2n) is 11.7. The standard InChI is InChI=1S/C31H36F6O3/c1-29-15-14-24-23-11-9-22(40-19-20-6-3-2-4-7-20)18-21(23)8-10-25(24)26(29)12-13-27(29)38-16-5-17-39-28(30(32,33)34)31(35,36)37/h2-4,6-7,9,11,18,24-28H,5,8,10,12-17,19H2,1H3/t24?,25-,26?,27+,29+/m1/s1. The monoisotopic (exact) mass is 570 g/mol. The third-order valence-corrected chi connectivity index (χ3v) is 9.35. The van der Waals surface area contributed by atoms with Crippen molar-refractivity contribution in [3.63, 3.8) is 0 Å². The highest BCUT2D eigenvalue weighted by Gasteiger charge is 2.58. The minimum absolute atomic E-state index is 0.0198. The van der Waals surface area contributed by atoms with Gasteiger partial charge in [-0.25, -0.2) is 0 Å². The number of alkyl halides is 6. The number of fused-ring (bicyclic) bond motifs is 5. The molecule has 3 aliphatic rings. The van der Waals surface area contributed by atoms with Crippen molar-refractivity contribution in [1.82, 2.24) is 0 Å². The van der Waals surface area contributed by atoms with Gasteiger partial charge < -0.3 is 14.2 Å². The van der Waals surface area contributed by atoms with Gasteiger partial charge in [-0.15, -0.1) is 0 Å². The molecule has 0 spiro atoms. The van der Waals surface area contributed by atoms with Crippen LogP contribution in [-0.2, 0) is 22.5 Å². The van der Waals surface area contributed by atoms with Gasteiger partial charge in [0.15, 0.2) is 0 Å². The van der Waals surface area contributed by atoms with Gasteiger partial charge in [0.25, 0.3) is 0 Å². The van der Waals surface area contributed by atoms with Gasteiger partial charge in [0, 0.05) is 13.2 Å². The number of ether oxygens (including phenoxy) is 3. The summed E-state index contributed by atoms with van der Waals surface area (Å²) in [6.45, 7) is 2.21. The van der Waals surface area contributed by atoms with Gasteiger partial charge in [-0.1, -0.05) is 43.3 Å². The van der Waals surface area contributed by atoms with Gasteiger partial charge >= 0.3 is 12.4 Å². The van der Waals surface area contributed by atoms with Crippen LogP contribution in [0.5, 0.6) is 5.75 Å².